The van der Waals surface area contributed by atoms with Crippen LogP contribution in [0.25, 0.3) is 32.9 Å². The minimum absolute atomic E-state index is 0.0785. The second kappa shape index (κ2) is 17.0. The number of nitrogens with one attached hydrogen (secondary N) is 2. The number of Topliss-reactive ketones (excluding diaryl/α,β-unsaturated/α-hetero) is 2. The minimum Gasteiger partial charge on any atom is -0.368 e. The van der Waals surface area contributed by atoms with E-state index in [4.69, 9.17) is 10.2 Å². The van der Waals surface area contributed by atoms with Crippen LogP contribution in [-0.2, 0) is 25.7 Å². The number of likely N-dealkylation sites (N-methyl/N-ethyl adjacent to an activating group) is 1. The second-order valence-corrected chi connectivity index (χ2v) is 21.6. The summed E-state index contributed by atoms with van der Waals surface area (Å²) >= 11 is 0. The third kappa shape index (κ3) is 8.45. The fourth-order valence-corrected chi connectivity index (χ4v) is 11.6. The zero-order valence-corrected chi connectivity index (χ0v) is 40.7. The maximum Gasteiger partial charge on any atom is 0.258 e. The number of rotatable bonds is 10. The zero-order valence-electron chi connectivity index (χ0n) is 40.7. The first-order chi connectivity index (χ1) is 32.0. The monoisotopic (exact) mass is 907 g/mol. The van der Waals surface area contributed by atoms with E-state index >= 15 is 0 Å². The van der Waals surface area contributed by atoms with Gasteiger partial charge in [-0.3, -0.25) is 24.1 Å². The number of fused-ring (bicyclic) bond motifs is 4. The van der Waals surface area contributed by atoms with Crippen molar-refractivity contribution in [1.29, 1.82) is 0 Å². The van der Waals surface area contributed by atoms with Crippen molar-refractivity contribution in [3.8, 4) is 11.4 Å². The van der Waals surface area contributed by atoms with Gasteiger partial charge < -0.3 is 24.7 Å². The third-order valence-electron chi connectivity index (χ3n) is 14.9. The van der Waals surface area contributed by atoms with Crippen LogP contribution < -0.4 is 20.9 Å². The van der Waals surface area contributed by atoms with Crippen LogP contribution in [0.5, 0.6) is 0 Å². The molecule has 4 aromatic heterocycles. The number of aromatic nitrogens is 6. The zero-order chi connectivity index (χ0) is 47.1. The van der Waals surface area contributed by atoms with Gasteiger partial charge in [-0.2, -0.15) is 10.2 Å². The van der Waals surface area contributed by atoms with Crippen molar-refractivity contribution in [3.63, 3.8) is 0 Å². The highest BCUT2D eigenvalue weighted by molar-refractivity contribution is 6.01. The lowest BCUT2D eigenvalue weighted by molar-refractivity contribution is 0.0900. The Morgan fingerprint density at radius 2 is 1.03 bits per heavy atom. The highest BCUT2D eigenvalue weighted by Gasteiger charge is 2.38. The summed E-state index contributed by atoms with van der Waals surface area (Å²) in [7, 11) is 2.13. The molecule has 0 spiro atoms. The minimum atomic E-state index is -0.169. The van der Waals surface area contributed by atoms with Crippen LogP contribution in [0.2, 0.25) is 0 Å². The standard InChI is InChI=1S/C53H66N10O4/c1-9-11-36-22-34-24-38(62-42-28-52(4,5)30-44(64)46(42)32(2)56-62)27-41(48(34)50(66)54-36)61-20-16-59(17-21-61)13-10-12-37-23-35-25-39(63-43-29-53(6,7)31-45(65)47(43)33(3)57-63)26-40(49(35)51(67)55-37)60-18-14-58(8)15-19-60/h22-27H,9-21,28-31H2,1-8H3,(H,54,66)(H,55,67). The molecule has 2 fully saturated rings. The lowest BCUT2D eigenvalue weighted by atomic mass is 9.75. The predicted molar refractivity (Wildman–Crippen MR) is 266 cm³/mol. The molecule has 352 valence electrons. The number of nitrogens with zero attached hydrogens (tertiary/aromatic N) is 8. The number of aromatic amines is 2. The molecule has 14 nitrogen and oxygen atoms in total. The first kappa shape index (κ1) is 44.9. The molecule has 2 aromatic carbocycles. The Kier molecular flexibility index (Phi) is 11.4. The summed E-state index contributed by atoms with van der Waals surface area (Å²) in [4.78, 5) is 70.7. The molecule has 2 saturated heterocycles. The fourth-order valence-electron chi connectivity index (χ4n) is 11.6. The smallest absolute Gasteiger partial charge is 0.258 e. The molecular weight excluding hydrogens is 841 g/mol. The topological polar surface area (TPSA) is 148 Å². The van der Waals surface area contributed by atoms with Crippen molar-refractivity contribution in [2.75, 3.05) is 75.8 Å². The van der Waals surface area contributed by atoms with Gasteiger partial charge in [0, 0.05) is 76.6 Å². The third-order valence-corrected chi connectivity index (χ3v) is 14.9. The van der Waals surface area contributed by atoms with Crippen LogP contribution in [0.1, 0.15) is 115 Å². The van der Waals surface area contributed by atoms with Crippen LogP contribution in [0.4, 0.5) is 11.4 Å². The van der Waals surface area contributed by atoms with Gasteiger partial charge in [0.05, 0.1) is 67.4 Å². The normalized spacial score (nSPS) is 18.9. The quantitative estimate of drug-likeness (QED) is 0.146. The molecule has 6 aromatic rings. The maximum absolute atomic E-state index is 14.2. The first-order valence-corrected chi connectivity index (χ1v) is 24.5. The molecule has 2 N–H and O–H groups in total. The number of hydrogen-bond donors (Lipinski definition) is 2. The lowest BCUT2D eigenvalue weighted by Crippen LogP contribution is -2.47. The first-order valence-electron chi connectivity index (χ1n) is 24.5. The number of carbonyl (C=O) groups is 2. The summed E-state index contributed by atoms with van der Waals surface area (Å²) in [6.45, 7) is 22.0. The molecule has 2 aliphatic carbocycles. The van der Waals surface area contributed by atoms with Gasteiger partial charge in [0.25, 0.3) is 11.1 Å². The summed E-state index contributed by atoms with van der Waals surface area (Å²) in [6.07, 6.45) is 5.80. The van der Waals surface area contributed by atoms with Gasteiger partial charge in [0.1, 0.15) is 0 Å². The van der Waals surface area contributed by atoms with E-state index in [0.29, 0.717) is 30.0 Å². The number of ketones is 2. The van der Waals surface area contributed by atoms with E-state index < -0.39 is 0 Å². The highest BCUT2D eigenvalue weighted by Crippen LogP contribution is 2.40. The van der Waals surface area contributed by atoms with Gasteiger partial charge >= 0.3 is 0 Å². The predicted octanol–water partition coefficient (Wildman–Crippen LogP) is 7.13. The Balaban J connectivity index is 0.900. The lowest BCUT2D eigenvalue weighted by Gasteiger charge is -2.37. The number of pyridine rings is 2. The summed E-state index contributed by atoms with van der Waals surface area (Å²) in [5, 5.41) is 13.1. The molecule has 10 rings (SSSR count). The number of piperazine rings is 2. The van der Waals surface area contributed by atoms with E-state index in [2.05, 4.69) is 108 Å². The van der Waals surface area contributed by atoms with Crippen LogP contribution in [0.15, 0.2) is 46.0 Å². The largest absolute Gasteiger partial charge is 0.368 e. The van der Waals surface area contributed by atoms with Gasteiger partial charge in [-0.1, -0.05) is 41.0 Å². The number of H-pyrrole nitrogens is 2. The Bertz CT molecular complexity index is 3080. The van der Waals surface area contributed by atoms with Gasteiger partial charge in [-0.15, -0.1) is 0 Å². The molecule has 0 unspecified atom stereocenters. The molecule has 6 heterocycles. The SMILES string of the molecule is CCCc1cc2cc(-n3nc(C)c4c3CC(C)(C)CC4=O)cc(N3CCN(CCCc4cc5cc(-n6nc(C)c7c6CC(C)(C)CC7=O)cc(N6CCN(C)CC6)c5c(=O)[nH]4)CC3)c2c(=O)[nH]1. The van der Waals surface area contributed by atoms with Crippen molar-refractivity contribution in [3.05, 3.63) is 102 Å². The van der Waals surface area contributed by atoms with Gasteiger partial charge in [0.15, 0.2) is 11.6 Å². The molecule has 0 atom stereocenters. The average Bonchev–Trinajstić information content (AvgIpc) is 3.77. The van der Waals surface area contributed by atoms with E-state index in [9.17, 15) is 19.2 Å². The summed E-state index contributed by atoms with van der Waals surface area (Å²) in [6, 6.07) is 12.6. The van der Waals surface area contributed by atoms with Gasteiger partial charge in [-0.25, -0.2) is 9.36 Å². The number of anilines is 2. The summed E-state index contributed by atoms with van der Waals surface area (Å²) in [5.74, 6) is 0.295. The molecule has 4 aliphatic rings. The van der Waals surface area contributed by atoms with Crippen LogP contribution >= 0.6 is 0 Å². The van der Waals surface area contributed by atoms with Crippen molar-refractivity contribution in [2.45, 2.75) is 99.8 Å². The molecule has 0 amide bonds. The van der Waals surface area contributed by atoms with E-state index in [-0.39, 0.29) is 33.5 Å². The Hall–Kier alpha value is -5.86. The molecule has 0 bridgehead atoms. The van der Waals surface area contributed by atoms with E-state index in [1.165, 1.54) is 0 Å². The Morgan fingerprint density at radius 3 is 1.49 bits per heavy atom. The number of hydrogen-bond acceptors (Lipinski definition) is 10. The molecule has 14 heteroatoms. The highest BCUT2D eigenvalue weighted by atomic mass is 16.1. The average molecular weight is 907 g/mol. The number of carbonyl (C=O) groups excluding carboxylic acids is 2. The maximum atomic E-state index is 14.2. The summed E-state index contributed by atoms with van der Waals surface area (Å²) in [5.41, 5.74) is 9.78. The van der Waals surface area contributed by atoms with Crippen LogP contribution in [0, 0.1) is 24.7 Å². The van der Waals surface area contributed by atoms with Crippen molar-refractivity contribution in [2.24, 2.45) is 10.8 Å². The molecule has 0 radical (unpaired) electrons. The van der Waals surface area contributed by atoms with Gasteiger partial charge in [0.2, 0.25) is 0 Å². The molecule has 0 saturated carbocycles. The Morgan fingerprint density at radius 1 is 0.582 bits per heavy atom. The van der Waals surface area contributed by atoms with Gasteiger partial charge in [-0.05, 0) is 118 Å². The van der Waals surface area contributed by atoms with Crippen LogP contribution in [0.3, 0.4) is 0 Å². The Labute approximate surface area is 392 Å². The number of aryl methyl sites for hydroxylation is 4. The van der Waals surface area contributed by atoms with E-state index in [1.807, 2.05) is 23.2 Å². The van der Waals surface area contributed by atoms with Crippen molar-refractivity contribution < 1.29 is 9.59 Å². The molecule has 2 aliphatic heterocycles. The second-order valence-electron chi connectivity index (χ2n) is 21.6. The van der Waals surface area contributed by atoms with Crippen LogP contribution in [-0.4, -0.2) is 117 Å². The molecular formula is C53H66N10O4. The van der Waals surface area contributed by atoms with E-state index in [1.54, 1.807) is 0 Å². The molecule has 67 heavy (non-hydrogen) atoms. The number of benzene rings is 2. The van der Waals surface area contributed by atoms with Crippen molar-refractivity contribution in [1.82, 2.24) is 39.3 Å². The fraction of sp³-hybridized carbons (Fsp3) is 0.509. The van der Waals surface area contributed by atoms with E-state index in [0.717, 1.165) is 170 Å². The van der Waals surface area contributed by atoms with Crippen molar-refractivity contribution >= 4 is 44.5 Å². The summed E-state index contributed by atoms with van der Waals surface area (Å²) < 4.78 is 3.93.